The van der Waals surface area contributed by atoms with E-state index >= 15 is 0 Å². The Labute approximate surface area is 189 Å². The van der Waals surface area contributed by atoms with Gasteiger partial charge in [-0.05, 0) is 36.3 Å². The summed E-state index contributed by atoms with van der Waals surface area (Å²) in [6, 6.07) is 19.3. The molecule has 6 nitrogen and oxygen atoms in total. The fourth-order valence-corrected chi connectivity index (χ4v) is 5.70. The van der Waals surface area contributed by atoms with Gasteiger partial charge < -0.3 is 19.5 Å². The zero-order valence-corrected chi connectivity index (χ0v) is 18.6. The topological polar surface area (TPSA) is 82.8 Å². The summed E-state index contributed by atoms with van der Waals surface area (Å²) >= 11 is 0. The molecule has 6 heteroatoms. The van der Waals surface area contributed by atoms with Crippen molar-refractivity contribution < 1.29 is 19.4 Å². The molecule has 32 heavy (non-hydrogen) atoms. The molecule has 1 aliphatic heterocycles. The monoisotopic (exact) mass is 434 g/mol. The van der Waals surface area contributed by atoms with E-state index in [0.29, 0.717) is 31.7 Å². The van der Waals surface area contributed by atoms with E-state index in [1.165, 1.54) is 0 Å². The number of amides is 1. The number of likely N-dealkylation sites (tertiary alicyclic amines) is 1. The standard InChI is InChI=1S/C26H30N2O4/c1-31-23-11-7-6-10-21(23)26(30)15-18(12-13-27)14-20-16-28(17-22(20)26)25(29)24(32-2)19-8-4-3-5-9-19/h3-11,18,20,22,24,30H,12,14-17H2,1-2H3/t18-,20+,22-,24+,26-/m1/s1. The molecule has 0 radical (unpaired) electrons. The number of aliphatic hydroxyl groups is 1. The molecular weight excluding hydrogens is 404 g/mol. The van der Waals surface area contributed by atoms with Crippen LogP contribution in [0.5, 0.6) is 5.75 Å². The van der Waals surface area contributed by atoms with Crippen molar-refractivity contribution in [2.75, 3.05) is 27.3 Å². The highest BCUT2D eigenvalue weighted by Crippen LogP contribution is 2.53. The molecular formula is C26H30N2O4. The van der Waals surface area contributed by atoms with Crippen molar-refractivity contribution in [2.24, 2.45) is 17.8 Å². The number of nitrogens with zero attached hydrogens (tertiary/aromatic N) is 2. The van der Waals surface area contributed by atoms with Gasteiger partial charge in [-0.3, -0.25) is 4.79 Å². The first-order valence-electron chi connectivity index (χ1n) is 11.1. The van der Waals surface area contributed by atoms with Gasteiger partial charge in [0.25, 0.3) is 5.91 Å². The highest BCUT2D eigenvalue weighted by molar-refractivity contribution is 5.82. The minimum atomic E-state index is -1.17. The predicted molar refractivity (Wildman–Crippen MR) is 120 cm³/mol. The van der Waals surface area contributed by atoms with E-state index in [0.717, 1.165) is 17.5 Å². The third-order valence-corrected chi connectivity index (χ3v) is 7.12. The lowest BCUT2D eigenvalue weighted by Crippen LogP contribution is -2.46. The number of carbonyl (C=O) groups excluding carboxylic acids is 1. The Morgan fingerprint density at radius 3 is 2.59 bits per heavy atom. The molecule has 2 fully saturated rings. The zero-order valence-electron chi connectivity index (χ0n) is 18.6. The Kier molecular flexibility index (Phi) is 6.50. The lowest BCUT2D eigenvalue weighted by Gasteiger charge is -2.45. The first kappa shape index (κ1) is 22.3. The fourth-order valence-electron chi connectivity index (χ4n) is 5.70. The zero-order chi connectivity index (χ0) is 22.7. The van der Waals surface area contributed by atoms with E-state index in [9.17, 15) is 15.2 Å². The quantitative estimate of drug-likeness (QED) is 0.750. The number of rotatable bonds is 6. The highest BCUT2D eigenvalue weighted by atomic mass is 16.5. The van der Waals surface area contributed by atoms with Gasteiger partial charge in [0.05, 0.1) is 18.8 Å². The van der Waals surface area contributed by atoms with Crippen LogP contribution in [0.15, 0.2) is 54.6 Å². The second kappa shape index (κ2) is 9.32. The van der Waals surface area contributed by atoms with Crippen LogP contribution in [-0.2, 0) is 15.1 Å². The molecule has 1 N–H and O–H groups in total. The van der Waals surface area contributed by atoms with Gasteiger partial charge in [0.2, 0.25) is 0 Å². The Morgan fingerprint density at radius 1 is 1.19 bits per heavy atom. The second-order valence-corrected chi connectivity index (χ2v) is 8.93. The van der Waals surface area contributed by atoms with E-state index in [4.69, 9.17) is 9.47 Å². The molecule has 1 heterocycles. The normalized spacial score (nSPS) is 27.9. The summed E-state index contributed by atoms with van der Waals surface area (Å²) < 4.78 is 11.1. The van der Waals surface area contributed by atoms with Gasteiger partial charge in [-0.25, -0.2) is 0 Å². The Morgan fingerprint density at radius 2 is 1.91 bits per heavy atom. The van der Waals surface area contributed by atoms with Crippen molar-refractivity contribution in [1.29, 1.82) is 5.26 Å². The minimum Gasteiger partial charge on any atom is -0.496 e. The van der Waals surface area contributed by atoms with Crippen LogP contribution in [0.4, 0.5) is 0 Å². The highest BCUT2D eigenvalue weighted by Gasteiger charge is 2.54. The number of carbonyl (C=O) groups is 1. The third kappa shape index (κ3) is 3.99. The molecule has 0 aromatic heterocycles. The molecule has 5 atom stereocenters. The molecule has 2 aliphatic rings. The lowest BCUT2D eigenvalue weighted by molar-refractivity contribution is -0.142. The molecule has 1 saturated carbocycles. The second-order valence-electron chi connectivity index (χ2n) is 8.93. The van der Waals surface area contributed by atoms with Crippen LogP contribution in [0.3, 0.4) is 0 Å². The summed E-state index contributed by atoms with van der Waals surface area (Å²) in [5.74, 6) is 0.585. The van der Waals surface area contributed by atoms with Gasteiger partial charge >= 0.3 is 0 Å². The maximum atomic E-state index is 13.4. The van der Waals surface area contributed by atoms with Crippen molar-refractivity contribution in [3.05, 3.63) is 65.7 Å². The van der Waals surface area contributed by atoms with Crippen LogP contribution in [0, 0.1) is 29.1 Å². The number of hydrogen-bond donors (Lipinski definition) is 1. The summed E-state index contributed by atoms with van der Waals surface area (Å²) in [5.41, 5.74) is 0.388. The van der Waals surface area contributed by atoms with Crippen LogP contribution >= 0.6 is 0 Å². The number of nitriles is 1. The number of para-hydroxylation sites is 1. The molecule has 2 aromatic rings. The average Bonchev–Trinajstić information content (AvgIpc) is 3.26. The summed E-state index contributed by atoms with van der Waals surface area (Å²) in [7, 11) is 3.15. The summed E-state index contributed by atoms with van der Waals surface area (Å²) in [6.45, 7) is 1.000. The Bertz CT molecular complexity index is 989. The van der Waals surface area contributed by atoms with E-state index in [1.807, 2.05) is 59.5 Å². The molecule has 1 saturated heterocycles. The first-order chi connectivity index (χ1) is 15.5. The number of methoxy groups -OCH3 is 2. The van der Waals surface area contributed by atoms with Crippen molar-refractivity contribution in [3.63, 3.8) is 0 Å². The number of benzene rings is 2. The summed E-state index contributed by atoms with van der Waals surface area (Å²) in [4.78, 5) is 15.3. The number of fused-ring (bicyclic) bond motifs is 1. The first-order valence-corrected chi connectivity index (χ1v) is 11.1. The van der Waals surface area contributed by atoms with Crippen molar-refractivity contribution in [3.8, 4) is 11.8 Å². The molecule has 0 spiro atoms. The van der Waals surface area contributed by atoms with E-state index in [1.54, 1.807) is 14.2 Å². The van der Waals surface area contributed by atoms with Crippen LogP contribution in [0.2, 0.25) is 0 Å². The third-order valence-electron chi connectivity index (χ3n) is 7.12. The predicted octanol–water partition coefficient (Wildman–Crippen LogP) is 3.67. The SMILES string of the molecule is COc1ccccc1[C@]1(O)C[C@H](CC#N)C[C@H]2CN(C(=O)[C@@H](OC)c3ccccc3)C[C@H]21. The summed E-state index contributed by atoms with van der Waals surface area (Å²) in [5, 5.41) is 21.4. The maximum absolute atomic E-state index is 13.4. The van der Waals surface area contributed by atoms with Gasteiger partial charge in [0, 0.05) is 38.1 Å². The fraction of sp³-hybridized carbons (Fsp3) is 0.462. The van der Waals surface area contributed by atoms with Crippen LogP contribution in [0.1, 0.15) is 36.5 Å². The molecule has 0 bridgehead atoms. The van der Waals surface area contributed by atoms with Crippen molar-refractivity contribution >= 4 is 5.91 Å². The van der Waals surface area contributed by atoms with Crippen molar-refractivity contribution in [2.45, 2.75) is 31.0 Å². The molecule has 4 rings (SSSR count). The van der Waals surface area contributed by atoms with Gasteiger partial charge in [0.1, 0.15) is 5.75 Å². The Hall–Kier alpha value is -2.88. The van der Waals surface area contributed by atoms with Crippen molar-refractivity contribution in [1.82, 2.24) is 4.90 Å². The van der Waals surface area contributed by atoms with E-state index < -0.39 is 11.7 Å². The molecule has 2 aromatic carbocycles. The average molecular weight is 435 g/mol. The Balaban J connectivity index is 1.65. The van der Waals surface area contributed by atoms with E-state index in [-0.39, 0.29) is 23.7 Å². The van der Waals surface area contributed by atoms with Crippen LogP contribution in [-0.4, -0.2) is 43.2 Å². The molecule has 1 aliphatic carbocycles. The maximum Gasteiger partial charge on any atom is 0.256 e. The minimum absolute atomic E-state index is 0.0681. The van der Waals surface area contributed by atoms with Gasteiger partial charge in [-0.2, -0.15) is 5.26 Å². The van der Waals surface area contributed by atoms with Gasteiger partial charge in [-0.15, -0.1) is 0 Å². The number of hydrogen-bond acceptors (Lipinski definition) is 5. The summed E-state index contributed by atoms with van der Waals surface area (Å²) in [6.07, 6.45) is 1.02. The van der Waals surface area contributed by atoms with E-state index in [2.05, 4.69) is 6.07 Å². The smallest absolute Gasteiger partial charge is 0.256 e. The largest absolute Gasteiger partial charge is 0.496 e. The van der Waals surface area contributed by atoms with Crippen LogP contribution < -0.4 is 4.74 Å². The lowest BCUT2D eigenvalue weighted by atomic mass is 9.63. The molecule has 168 valence electrons. The molecule has 0 unspecified atom stereocenters. The van der Waals surface area contributed by atoms with Gasteiger partial charge in [0.15, 0.2) is 6.10 Å². The number of ether oxygens (including phenoxy) is 2. The van der Waals surface area contributed by atoms with Gasteiger partial charge in [-0.1, -0.05) is 48.5 Å². The molecule has 1 amide bonds. The van der Waals surface area contributed by atoms with Crippen LogP contribution in [0.25, 0.3) is 0 Å².